The molecule has 4 rings (SSSR count). The molecule has 7 nitrogen and oxygen atoms in total. The Balaban J connectivity index is 1.65. The third-order valence-electron chi connectivity index (χ3n) is 7.26. The maximum absolute atomic E-state index is 13.6. The normalized spacial score (nSPS) is 25.7. The quantitative estimate of drug-likeness (QED) is 0.713. The van der Waals surface area contributed by atoms with Crippen LogP contribution < -0.4 is 4.90 Å². The van der Waals surface area contributed by atoms with Gasteiger partial charge in [0, 0.05) is 12.1 Å². The predicted molar refractivity (Wildman–Crippen MR) is 124 cm³/mol. The molecule has 2 heterocycles. The van der Waals surface area contributed by atoms with Gasteiger partial charge in [0.15, 0.2) is 0 Å². The fraction of sp³-hybridized carbons (Fsp3) is 0.520. The molecule has 32 heavy (non-hydrogen) atoms. The van der Waals surface area contributed by atoms with Crippen LogP contribution in [0.1, 0.15) is 50.9 Å². The highest BCUT2D eigenvalue weighted by molar-refractivity contribution is 5.95. The zero-order valence-corrected chi connectivity index (χ0v) is 19.5. The number of carbonyl (C=O) groups excluding carboxylic acids is 1. The van der Waals surface area contributed by atoms with Crippen molar-refractivity contribution in [1.82, 2.24) is 19.8 Å². The Bertz CT molecular complexity index is 987. The van der Waals surface area contributed by atoms with Crippen LogP contribution in [-0.4, -0.2) is 58.5 Å². The molecular weight excluding hydrogens is 400 g/mol. The van der Waals surface area contributed by atoms with Crippen molar-refractivity contribution >= 4 is 11.7 Å². The average Bonchev–Trinajstić information content (AvgIpc) is 3.06. The van der Waals surface area contributed by atoms with Gasteiger partial charge in [-0.3, -0.25) is 9.80 Å². The summed E-state index contributed by atoms with van der Waals surface area (Å²) < 4.78 is 0. The minimum absolute atomic E-state index is 0.0177. The fourth-order valence-corrected chi connectivity index (χ4v) is 5.45. The number of carbonyl (C=O) groups is 1. The first kappa shape index (κ1) is 22.2. The van der Waals surface area contributed by atoms with Crippen LogP contribution >= 0.6 is 0 Å². The van der Waals surface area contributed by atoms with Crippen LogP contribution in [0.4, 0.5) is 10.5 Å². The van der Waals surface area contributed by atoms with Gasteiger partial charge in [0.1, 0.15) is 6.07 Å². The first-order chi connectivity index (χ1) is 15.3. The van der Waals surface area contributed by atoms with E-state index in [9.17, 15) is 4.79 Å². The van der Waals surface area contributed by atoms with Gasteiger partial charge in [-0.25, -0.2) is 14.8 Å². The Morgan fingerprint density at radius 2 is 1.72 bits per heavy atom. The van der Waals surface area contributed by atoms with Crippen molar-refractivity contribution in [3.05, 3.63) is 54.1 Å². The molecule has 2 aliphatic rings. The van der Waals surface area contributed by atoms with E-state index in [4.69, 9.17) is 5.26 Å². The van der Waals surface area contributed by atoms with Gasteiger partial charge in [0.05, 0.1) is 30.2 Å². The van der Waals surface area contributed by atoms with E-state index in [2.05, 4.69) is 78.0 Å². The van der Waals surface area contributed by atoms with E-state index >= 15 is 0 Å². The number of amides is 2. The van der Waals surface area contributed by atoms with Crippen molar-refractivity contribution in [3.8, 4) is 6.07 Å². The summed E-state index contributed by atoms with van der Waals surface area (Å²) in [6.45, 7) is 5.68. The molecule has 0 N–H and O–H groups in total. The molecule has 1 aliphatic carbocycles. The lowest BCUT2D eigenvalue weighted by Gasteiger charge is -2.51. The molecule has 0 unspecified atom stereocenters. The van der Waals surface area contributed by atoms with Crippen LogP contribution in [0.2, 0.25) is 0 Å². The van der Waals surface area contributed by atoms with Crippen molar-refractivity contribution < 1.29 is 4.79 Å². The molecule has 168 valence electrons. The molecule has 1 saturated heterocycles. The second-order valence-corrected chi connectivity index (χ2v) is 9.77. The number of nitrogens with zero attached hydrogens (tertiary/aromatic N) is 6. The molecule has 0 bridgehead atoms. The SMILES string of the molecule is CC(C)CN1C(=O)N(c2cnc(C#N)nc2)C[C@]12CC[C@@](c1ccccc1)(N(C)C)CC2. The van der Waals surface area contributed by atoms with Gasteiger partial charge in [-0.2, -0.15) is 5.26 Å². The van der Waals surface area contributed by atoms with Gasteiger partial charge >= 0.3 is 6.03 Å². The third-order valence-corrected chi connectivity index (χ3v) is 7.26. The third kappa shape index (κ3) is 3.73. The van der Waals surface area contributed by atoms with Crippen molar-refractivity contribution in [2.45, 2.75) is 50.6 Å². The van der Waals surface area contributed by atoms with E-state index in [0.29, 0.717) is 18.2 Å². The minimum Gasteiger partial charge on any atom is -0.317 e. The molecule has 0 radical (unpaired) electrons. The number of hydrogen-bond donors (Lipinski definition) is 0. The maximum atomic E-state index is 13.6. The molecule has 2 fully saturated rings. The van der Waals surface area contributed by atoms with E-state index in [1.54, 1.807) is 17.3 Å². The van der Waals surface area contributed by atoms with Crippen LogP contribution in [0, 0.1) is 17.2 Å². The molecule has 1 aliphatic heterocycles. The van der Waals surface area contributed by atoms with Gasteiger partial charge < -0.3 is 4.90 Å². The lowest BCUT2D eigenvalue weighted by atomic mass is 9.68. The van der Waals surface area contributed by atoms with E-state index in [1.807, 2.05) is 6.07 Å². The Labute approximate surface area is 190 Å². The van der Waals surface area contributed by atoms with Gasteiger partial charge in [-0.15, -0.1) is 0 Å². The van der Waals surface area contributed by atoms with Crippen molar-refractivity contribution in [3.63, 3.8) is 0 Å². The number of hydrogen-bond acceptors (Lipinski definition) is 5. The van der Waals surface area contributed by atoms with Crippen LogP contribution in [0.25, 0.3) is 0 Å². The second kappa shape index (κ2) is 8.51. The topological polar surface area (TPSA) is 76.4 Å². The Morgan fingerprint density at radius 1 is 1.09 bits per heavy atom. The summed E-state index contributed by atoms with van der Waals surface area (Å²) >= 11 is 0. The summed E-state index contributed by atoms with van der Waals surface area (Å²) in [4.78, 5) is 28.0. The summed E-state index contributed by atoms with van der Waals surface area (Å²) in [5, 5.41) is 9.01. The highest BCUT2D eigenvalue weighted by Crippen LogP contribution is 2.49. The van der Waals surface area contributed by atoms with E-state index in [1.165, 1.54) is 5.56 Å². The van der Waals surface area contributed by atoms with Gasteiger partial charge in [-0.1, -0.05) is 44.2 Å². The monoisotopic (exact) mass is 432 g/mol. The molecule has 1 aromatic carbocycles. The smallest absolute Gasteiger partial charge is 0.317 e. The van der Waals surface area contributed by atoms with Crippen molar-refractivity contribution in [1.29, 1.82) is 5.26 Å². The maximum Gasteiger partial charge on any atom is 0.325 e. The van der Waals surface area contributed by atoms with Gasteiger partial charge in [0.25, 0.3) is 0 Å². The Morgan fingerprint density at radius 3 is 2.25 bits per heavy atom. The fourth-order valence-electron chi connectivity index (χ4n) is 5.45. The number of rotatable bonds is 5. The molecular formula is C25H32N6O. The first-order valence-electron chi connectivity index (χ1n) is 11.4. The zero-order valence-electron chi connectivity index (χ0n) is 19.5. The highest BCUT2D eigenvalue weighted by atomic mass is 16.2. The number of urea groups is 1. The van der Waals surface area contributed by atoms with E-state index in [-0.39, 0.29) is 22.9 Å². The highest BCUT2D eigenvalue weighted by Gasteiger charge is 2.54. The molecule has 2 aromatic rings. The number of anilines is 1. The standard InChI is InChI=1S/C25H32N6O/c1-19(2)17-31-23(32)30(21-15-27-22(14-26)28-16-21)18-24(31)10-12-25(13-11-24,29(3)4)20-8-6-5-7-9-20/h5-9,15-16,19H,10-13,17-18H2,1-4H3/t24-,25-. The van der Waals surface area contributed by atoms with Crippen LogP contribution in [0.5, 0.6) is 0 Å². The minimum atomic E-state index is -0.205. The summed E-state index contributed by atoms with van der Waals surface area (Å²) in [7, 11) is 4.33. The Hall–Kier alpha value is -2.98. The van der Waals surface area contributed by atoms with Gasteiger partial charge in [0.2, 0.25) is 5.82 Å². The molecule has 1 saturated carbocycles. The predicted octanol–water partition coefficient (Wildman–Crippen LogP) is 4.02. The van der Waals surface area contributed by atoms with Crippen molar-refractivity contribution in [2.24, 2.45) is 5.92 Å². The summed E-state index contributed by atoms with van der Waals surface area (Å²) in [6.07, 6.45) is 7.03. The van der Waals surface area contributed by atoms with Crippen LogP contribution in [0.3, 0.4) is 0 Å². The molecule has 7 heteroatoms. The van der Waals surface area contributed by atoms with E-state index in [0.717, 1.165) is 32.2 Å². The average molecular weight is 433 g/mol. The molecule has 1 spiro atoms. The number of aromatic nitrogens is 2. The lowest BCUT2D eigenvalue weighted by Crippen LogP contribution is -2.56. The summed E-state index contributed by atoms with van der Waals surface area (Å²) in [6, 6.07) is 12.7. The Kier molecular flexibility index (Phi) is 5.91. The number of benzene rings is 1. The molecule has 1 aromatic heterocycles. The second-order valence-electron chi connectivity index (χ2n) is 9.77. The van der Waals surface area contributed by atoms with E-state index < -0.39 is 0 Å². The summed E-state index contributed by atoms with van der Waals surface area (Å²) in [5.74, 6) is 0.494. The van der Waals surface area contributed by atoms with Crippen LogP contribution in [-0.2, 0) is 5.54 Å². The summed E-state index contributed by atoms with van der Waals surface area (Å²) in [5.41, 5.74) is 1.78. The van der Waals surface area contributed by atoms with Crippen molar-refractivity contribution in [2.75, 3.05) is 32.1 Å². The molecule has 0 atom stereocenters. The lowest BCUT2D eigenvalue weighted by molar-refractivity contribution is 0.0230. The van der Waals surface area contributed by atoms with Crippen LogP contribution in [0.15, 0.2) is 42.7 Å². The molecule has 2 amide bonds. The number of nitriles is 1. The first-order valence-corrected chi connectivity index (χ1v) is 11.4. The zero-order chi connectivity index (χ0) is 22.9. The largest absolute Gasteiger partial charge is 0.325 e. The van der Waals surface area contributed by atoms with Gasteiger partial charge in [-0.05, 0) is 51.3 Å².